The summed E-state index contributed by atoms with van der Waals surface area (Å²) in [6.07, 6.45) is -2.91. The van der Waals surface area contributed by atoms with Crippen molar-refractivity contribution in [3.8, 4) is 0 Å². The Balaban J connectivity index is 3.98. The molecule has 0 amide bonds. The summed E-state index contributed by atoms with van der Waals surface area (Å²) in [5.74, 6) is -1.30. The smallest absolute Gasteiger partial charge is 0.310 e. The molecular formula is C8H15F2NO2. The van der Waals surface area contributed by atoms with E-state index in [1.54, 1.807) is 14.0 Å². The Hall–Kier alpha value is -0.710. The van der Waals surface area contributed by atoms with Crippen molar-refractivity contribution in [1.29, 1.82) is 0 Å². The lowest BCUT2D eigenvalue weighted by Gasteiger charge is -2.13. The van der Waals surface area contributed by atoms with Crippen molar-refractivity contribution >= 4 is 5.97 Å². The molecule has 13 heavy (non-hydrogen) atoms. The Bertz CT molecular complexity index is 153. The number of alkyl halides is 2. The highest BCUT2D eigenvalue weighted by Gasteiger charge is 2.22. The minimum Gasteiger partial charge on any atom is -0.466 e. The largest absolute Gasteiger partial charge is 0.466 e. The van der Waals surface area contributed by atoms with E-state index in [0.717, 1.165) is 0 Å². The summed E-state index contributed by atoms with van der Waals surface area (Å²) in [6, 6.07) is 0. The van der Waals surface area contributed by atoms with Gasteiger partial charge in [-0.2, -0.15) is 0 Å². The van der Waals surface area contributed by atoms with E-state index in [1.807, 2.05) is 0 Å². The Kier molecular flexibility index (Phi) is 6.40. The molecule has 5 heteroatoms. The molecule has 0 aromatic rings. The number of ether oxygens (including phenoxy) is 1. The van der Waals surface area contributed by atoms with Crippen molar-refractivity contribution in [2.45, 2.75) is 19.8 Å². The molecule has 0 aliphatic rings. The van der Waals surface area contributed by atoms with Crippen LogP contribution in [0, 0.1) is 5.92 Å². The molecule has 0 aliphatic carbocycles. The number of carbonyl (C=O) groups is 1. The number of nitrogens with one attached hydrogen (secondary N) is 1. The number of carbonyl (C=O) groups excluding carboxylic acids is 1. The minimum atomic E-state index is -2.47. The van der Waals surface area contributed by atoms with Crippen molar-refractivity contribution in [1.82, 2.24) is 5.32 Å². The molecule has 1 atom stereocenters. The van der Waals surface area contributed by atoms with E-state index in [-0.39, 0.29) is 13.2 Å². The van der Waals surface area contributed by atoms with Crippen LogP contribution in [0.2, 0.25) is 0 Å². The van der Waals surface area contributed by atoms with Gasteiger partial charge in [-0.05, 0) is 14.0 Å². The van der Waals surface area contributed by atoms with Gasteiger partial charge < -0.3 is 10.1 Å². The highest BCUT2D eigenvalue weighted by Crippen LogP contribution is 2.11. The fourth-order valence-corrected chi connectivity index (χ4v) is 0.984. The van der Waals surface area contributed by atoms with Crippen molar-refractivity contribution in [3.63, 3.8) is 0 Å². The zero-order valence-electron chi connectivity index (χ0n) is 7.85. The summed E-state index contributed by atoms with van der Waals surface area (Å²) in [4.78, 5) is 11.1. The summed E-state index contributed by atoms with van der Waals surface area (Å²) in [6.45, 7) is 2.10. The maximum Gasteiger partial charge on any atom is 0.310 e. The van der Waals surface area contributed by atoms with Crippen LogP contribution in [0.5, 0.6) is 0 Å². The molecule has 0 saturated carbocycles. The molecule has 0 bridgehead atoms. The molecule has 0 aliphatic heterocycles. The van der Waals surface area contributed by atoms with Gasteiger partial charge in [0.15, 0.2) is 0 Å². The number of hydrogen-bond acceptors (Lipinski definition) is 3. The van der Waals surface area contributed by atoms with E-state index in [4.69, 9.17) is 0 Å². The third-order valence-corrected chi connectivity index (χ3v) is 1.53. The van der Waals surface area contributed by atoms with Gasteiger partial charge in [-0.3, -0.25) is 4.79 Å². The summed E-state index contributed by atoms with van der Waals surface area (Å²) in [5.41, 5.74) is 0. The Labute approximate surface area is 76.4 Å². The average molecular weight is 195 g/mol. The molecule has 1 N–H and O–H groups in total. The number of halogens is 2. The molecular weight excluding hydrogens is 180 g/mol. The van der Waals surface area contributed by atoms with Gasteiger partial charge in [0, 0.05) is 13.0 Å². The summed E-state index contributed by atoms with van der Waals surface area (Å²) in [7, 11) is 1.61. The fraction of sp³-hybridized carbons (Fsp3) is 0.875. The molecule has 3 nitrogen and oxygen atoms in total. The zero-order valence-corrected chi connectivity index (χ0v) is 7.85. The van der Waals surface area contributed by atoms with Crippen LogP contribution in [-0.4, -0.2) is 32.6 Å². The Morgan fingerprint density at radius 3 is 2.54 bits per heavy atom. The molecule has 0 aromatic carbocycles. The van der Waals surface area contributed by atoms with Crippen LogP contribution >= 0.6 is 0 Å². The third kappa shape index (κ3) is 5.52. The van der Waals surface area contributed by atoms with Gasteiger partial charge in [0.2, 0.25) is 6.43 Å². The topological polar surface area (TPSA) is 38.3 Å². The zero-order chi connectivity index (χ0) is 10.3. The van der Waals surface area contributed by atoms with Crippen LogP contribution in [0.25, 0.3) is 0 Å². The number of esters is 1. The van der Waals surface area contributed by atoms with E-state index < -0.39 is 24.7 Å². The Morgan fingerprint density at radius 2 is 2.15 bits per heavy atom. The number of rotatable bonds is 6. The van der Waals surface area contributed by atoms with Gasteiger partial charge in [-0.15, -0.1) is 0 Å². The average Bonchev–Trinajstić information content (AvgIpc) is 2.03. The Morgan fingerprint density at radius 1 is 1.54 bits per heavy atom. The van der Waals surface area contributed by atoms with Gasteiger partial charge in [-0.1, -0.05) is 0 Å². The first kappa shape index (κ1) is 12.3. The van der Waals surface area contributed by atoms with Gasteiger partial charge in [0.05, 0.1) is 12.5 Å². The third-order valence-electron chi connectivity index (χ3n) is 1.53. The molecule has 0 rings (SSSR count). The molecule has 0 fully saturated rings. The standard InChI is InChI=1S/C8H15F2NO2/c1-3-13-8(12)6(5-11-2)4-7(9)10/h6-7,11H,3-5H2,1-2H3. The van der Waals surface area contributed by atoms with E-state index in [2.05, 4.69) is 10.1 Å². The van der Waals surface area contributed by atoms with Gasteiger partial charge in [0.1, 0.15) is 0 Å². The first-order chi connectivity index (χ1) is 6.11. The van der Waals surface area contributed by atoms with Crippen molar-refractivity contribution in [3.05, 3.63) is 0 Å². The van der Waals surface area contributed by atoms with Crippen molar-refractivity contribution in [2.24, 2.45) is 5.92 Å². The van der Waals surface area contributed by atoms with Crippen LogP contribution in [0.1, 0.15) is 13.3 Å². The lowest BCUT2D eigenvalue weighted by atomic mass is 10.1. The molecule has 0 radical (unpaired) electrons. The van der Waals surface area contributed by atoms with Crippen molar-refractivity contribution in [2.75, 3.05) is 20.2 Å². The minimum absolute atomic E-state index is 0.224. The maximum absolute atomic E-state index is 12.0. The van der Waals surface area contributed by atoms with Crippen LogP contribution in [0.4, 0.5) is 8.78 Å². The van der Waals surface area contributed by atoms with Gasteiger partial charge in [0.25, 0.3) is 0 Å². The van der Waals surface area contributed by atoms with E-state index in [1.165, 1.54) is 0 Å². The van der Waals surface area contributed by atoms with Crippen LogP contribution < -0.4 is 5.32 Å². The molecule has 0 saturated heterocycles. The van der Waals surface area contributed by atoms with Crippen LogP contribution in [0.15, 0.2) is 0 Å². The molecule has 1 unspecified atom stereocenters. The predicted molar refractivity (Wildman–Crippen MR) is 44.7 cm³/mol. The van der Waals surface area contributed by atoms with Gasteiger partial charge >= 0.3 is 5.97 Å². The first-order valence-corrected chi connectivity index (χ1v) is 4.21. The highest BCUT2D eigenvalue weighted by molar-refractivity contribution is 5.72. The van der Waals surface area contributed by atoms with Crippen LogP contribution in [-0.2, 0) is 9.53 Å². The summed E-state index contributed by atoms with van der Waals surface area (Å²) in [5, 5.41) is 2.68. The molecule has 78 valence electrons. The highest BCUT2D eigenvalue weighted by atomic mass is 19.3. The molecule has 0 aromatic heterocycles. The number of hydrogen-bond donors (Lipinski definition) is 1. The molecule has 0 heterocycles. The van der Waals surface area contributed by atoms with E-state index >= 15 is 0 Å². The van der Waals surface area contributed by atoms with Crippen LogP contribution in [0.3, 0.4) is 0 Å². The normalized spacial score (nSPS) is 13.0. The van der Waals surface area contributed by atoms with Gasteiger partial charge in [-0.25, -0.2) is 8.78 Å². The monoisotopic (exact) mass is 195 g/mol. The van der Waals surface area contributed by atoms with Crippen molar-refractivity contribution < 1.29 is 18.3 Å². The summed E-state index contributed by atoms with van der Waals surface area (Å²) >= 11 is 0. The predicted octanol–water partition coefficient (Wildman–Crippen LogP) is 1.04. The summed E-state index contributed by atoms with van der Waals surface area (Å²) < 4.78 is 28.6. The second kappa shape index (κ2) is 6.77. The van der Waals surface area contributed by atoms with E-state index in [9.17, 15) is 13.6 Å². The quantitative estimate of drug-likeness (QED) is 0.643. The lowest BCUT2D eigenvalue weighted by Crippen LogP contribution is -2.29. The maximum atomic E-state index is 12.0. The second-order valence-electron chi connectivity index (χ2n) is 2.63. The fourth-order valence-electron chi connectivity index (χ4n) is 0.984. The first-order valence-electron chi connectivity index (χ1n) is 4.21. The molecule has 0 spiro atoms. The lowest BCUT2D eigenvalue weighted by molar-refractivity contribution is -0.149. The SMILES string of the molecule is CCOC(=O)C(CNC)CC(F)F. The van der Waals surface area contributed by atoms with E-state index in [0.29, 0.717) is 0 Å². The second-order valence-corrected chi connectivity index (χ2v) is 2.63.